The average Bonchev–Trinajstić information content (AvgIpc) is 2.85. The summed E-state index contributed by atoms with van der Waals surface area (Å²) in [5.74, 6) is 0.359. The molecule has 2 rings (SSSR count). The van der Waals surface area contributed by atoms with Gasteiger partial charge >= 0.3 is 0 Å². The van der Waals surface area contributed by atoms with E-state index in [9.17, 15) is 10.2 Å². The summed E-state index contributed by atoms with van der Waals surface area (Å²) in [5, 5.41) is 25.2. The molecule has 1 unspecified atom stereocenters. The number of hydrogen-bond donors (Lipinski definition) is 2. The second-order valence-corrected chi connectivity index (χ2v) is 9.41. The maximum atomic E-state index is 10.8. The fourth-order valence-corrected chi connectivity index (χ4v) is 2.87. The molecule has 0 spiro atoms. The lowest BCUT2D eigenvalue weighted by Crippen LogP contribution is -2.36. The van der Waals surface area contributed by atoms with E-state index in [-0.39, 0.29) is 16.9 Å². The first kappa shape index (κ1) is 18.8. The SMILES string of the molecule is CC(C)(C)c1cc(C2=NOC(C(C)(C)O)C2)cc(C(C)(C)C)c1O. The molecule has 0 saturated heterocycles. The summed E-state index contributed by atoms with van der Waals surface area (Å²) in [4.78, 5) is 5.44. The first-order valence-electron chi connectivity index (χ1n) is 8.54. The fraction of sp³-hybridized carbons (Fsp3) is 0.650. The van der Waals surface area contributed by atoms with Gasteiger partial charge in [-0.15, -0.1) is 0 Å². The summed E-state index contributed by atoms with van der Waals surface area (Å²) >= 11 is 0. The highest BCUT2D eigenvalue weighted by atomic mass is 16.7. The lowest BCUT2D eigenvalue weighted by Gasteiger charge is -2.28. The standard InChI is InChI=1S/C20H31NO3/c1-18(2,3)13-9-12(10-14(17(13)22)19(4,5)6)15-11-16(24-21-15)20(7,8)23/h9-10,16,22-23H,11H2,1-8H3. The highest BCUT2D eigenvalue weighted by Gasteiger charge is 2.36. The lowest BCUT2D eigenvalue weighted by atomic mass is 9.77. The molecule has 134 valence electrons. The van der Waals surface area contributed by atoms with Gasteiger partial charge in [0, 0.05) is 23.1 Å². The molecular weight excluding hydrogens is 302 g/mol. The molecule has 0 amide bonds. The van der Waals surface area contributed by atoms with Crippen LogP contribution >= 0.6 is 0 Å². The van der Waals surface area contributed by atoms with Gasteiger partial charge in [0.15, 0.2) is 6.10 Å². The van der Waals surface area contributed by atoms with Gasteiger partial charge in [0.1, 0.15) is 5.75 Å². The number of aromatic hydroxyl groups is 1. The van der Waals surface area contributed by atoms with Crippen LogP contribution in [0.3, 0.4) is 0 Å². The third-order valence-electron chi connectivity index (χ3n) is 4.52. The molecule has 24 heavy (non-hydrogen) atoms. The molecule has 1 aliphatic heterocycles. The number of oxime groups is 1. The second kappa shape index (κ2) is 5.76. The minimum atomic E-state index is -0.943. The van der Waals surface area contributed by atoms with E-state index < -0.39 is 5.60 Å². The van der Waals surface area contributed by atoms with Crippen molar-refractivity contribution < 1.29 is 15.1 Å². The van der Waals surface area contributed by atoms with Crippen LogP contribution in [-0.2, 0) is 15.7 Å². The van der Waals surface area contributed by atoms with Crippen LogP contribution < -0.4 is 0 Å². The van der Waals surface area contributed by atoms with E-state index in [1.807, 2.05) is 12.1 Å². The Labute approximate surface area is 145 Å². The van der Waals surface area contributed by atoms with Gasteiger partial charge in [-0.3, -0.25) is 0 Å². The summed E-state index contributed by atoms with van der Waals surface area (Å²) in [6.07, 6.45) is 0.207. The molecule has 4 heteroatoms. The van der Waals surface area contributed by atoms with E-state index in [0.29, 0.717) is 12.2 Å². The molecular formula is C20H31NO3. The zero-order chi connectivity index (χ0) is 18.5. The Hall–Kier alpha value is -1.55. The molecule has 0 aromatic heterocycles. The topological polar surface area (TPSA) is 62.0 Å². The Balaban J connectivity index is 2.53. The first-order valence-corrected chi connectivity index (χ1v) is 8.54. The largest absolute Gasteiger partial charge is 0.507 e. The lowest BCUT2D eigenvalue weighted by molar-refractivity contribution is -0.0719. The summed E-state index contributed by atoms with van der Waals surface area (Å²) in [5.41, 5.74) is 2.26. The van der Waals surface area contributed by atoms with Gasteiger partial charge in [0.05, 0.1) is 11.3 Å². The number of aliphatic hydroxyl groups is 1. The van der Waals surface area contributed by atoms with E-state index in [0.717, 1.165) is 22.4 Å². The van der Waals surface area contributed by atoms with E-state index in [1.54, 1.807) is 13.8 Å². The molecule has 0 fully saturated rings. The number of nitrogens with zero attached hydrogens (tertiary/aromatic N) is 1. The van der Waals surface area contributed by atoms with Gasteiger partial charge < -0.3 is 15.1 Å². The van der Waals surface area contributed by atoms with Crippen LogP contribution in [0.5, 0.6) is 5.75 Å². The van der Waals surface area contributed by atoms with Crippen LogP contribution in [0.15, 0.2) is 17.3 Å². The Kier molecular flexibility index (Phi) is 4.51. The Bertz CT molecular complexity index is 620. The molecule has 1 atom stereocenters. The van der Waals surface area contributed by atoms with E-state index in [4.69, 9.17) is 4.84 Å². The van der Waals surface area contributed by atoms with Crippen LogP contribution in [0.4, 0.5) is 0 Å². The minimum Gasteiger partial charge on any atom is -0.507 e. The molecule has 4 nitrogen and oxygen atoms in total. The molecule has 1 aromatic carbocycles. The van der Waals surface area contributed by atoms with Crippen molar-refractivity contribution >= 4 is 5.71 Å². The molecule has 1 aromatic rings. The van der Waals surface area contributed by atoms with E-state index in [1.165, 1.54) is 0 Å². The van der Waals surface area contributed by atoms with Crippen LogP contribution in [0, 0.1) is 0 Å². The summed E-state index contributed by atoms with van der Waals surface area (Å²) in [6.45, 7) is 16.0. The number of rotatable bonds is 2. The van der Waals surface area contributed by atoms with Crippen LogP contribution in [0.2, 0.25) is 0 Å². The second-order valence-electron chi connectivity index (χ2n) is 9.41. The van der Waals surface area contributed by atoms with Crippen molar-refractivity contribution in [3.63, 3.8) is 0 Å². The molecule has 1 heterocycles. The van der Waals surface area contributed by atoms with Gasteiger partial charge in [-0.2, -0.15) is 0 Å². The number of hydrogen-bond acceptors (Lipinski definition) is 4. The maximum Gasteiger partial charge on any atom is 0.161 e. The van der Waals surface area contributed by atoms with Crippen molar-refractivity contribution in [2.75, 3.05) is 0 Å². The van der Waals surface area contributed by atoms with Crippen LogP contribution in [0.25, 0.3) is 0 Å². The van der Waals surface area contributed by atoms with Gasteiger partial charge in [-0.05, 0) is 36.8 Å². The minimum absolute atomic E-state index is 0.185. The monoisotopic (exact) mass is 333 g/mol. The average molecular weight is 333 g/mol. The van der Waals surface area contributed by atoms with Gasteiger partial charge in [-0.1, -0.05) is 46.7 Å². The molecule has 1 aliphatic rings. The van der Waals surface area contributed by atoms with Crippen molar-refractivity contribution in [1.29, 1.82) is 0 Å². The van der Waals surface area contributed by atoms with Crippen molar-refractivity contribution in [3.05, 3.63) is 28.8 Å². The summed E-state index contributed by atoms with van der Waals surface area (Å²) < 4.78 is 0. The third kappa shape index (κ3) is 3.75. The smallest absolute Gasteiger partial charge is 0.161 e. The predicted octanol–water partition coefficient (Wildman–Crippen LogP) is 4.25. The van der Waals surface area contributed by atoms with Crippen LogP contribution in [-0.4, -0.2) is 27.6 Å². The summed E-state index contributed by atoms with van der Waals surface area (Å²) in [7, 11) is 0. The zero-order valence-electron chi connectivity index (χ0n) is 16.2. The molecule has 0 aliphatic carbocycles. The van der Waals surface area contributed by atoms with E-state index >= 15 is 0 Å². The molecule has 0 bridgehead atoms. The summed E-state index contributed by atoms with van der Waals surface area (Å²) in [6, 6.07) is 4.00. The predicted molar refractivity (Wildman–Crippen MR) is 97.8 cm³/mol. The number of phenols is 1. The number of phenolic OH excluding ortho intramolecular Hbond substituents is 1. The Morgan fingerprint density at radius 2 is 1.42 bits per heavy atom. The quantitative estimate of drug-likeness (QED) is 0.850. The van der Waals surface area contributed by atoms with Gasteiger partial charge in [0.2, 0.25) is 0 Å². The third-order valence-corrected chi connectivity index (χ3v) is 4.52. The zero-order valence-corrected chi connectivity index (χ0v) is 16.2. The van der Waals surface area contributed by atoms with Crippen LogP contribution in [0.1, 0.15) is 78.5 Å². The highest BCUT2D eigenvalue weighted by molar-refractivity contribution is 6.02. The van der Waals surface area contributed by atoms with E-state index in [2.05, 4.69) is 46.7 Å². The molecule has 0 saturated carbocycles. The van der Waals surface area contributed by atoms with Crippen molar-refractivity contribution in [2.45, 2.75) is 84.3 Å². The highest BCUT2D eigenvalue weighted by Crippen LogP contribution is 2.40. The van der Waals surface area contributed by atoms with Gasteiger partial charge in [-0.25, -0.2) is 0 Å². The van der Waals surface area contributed by atoms with Gasteiger partial charge in [0.25, 0.3) is 0 Å². The normalized spacial score (nSPS) is 19.2. The van der Waals surface area contributed by atoms with Crippen molar-refractivity contribution in [2.24, 2.45) is 5.16 Å². The molecule has 0 radical (unpaired) electrons. The number of benzene rings is 1. The molecule has 2 N–H and O–H groups in total. The fourth-order valence-electron chi connectivity index (χ4n) is 2.87. The maximum absolute atomic E-state index is 10.8. The first-order chi connectivity index (χ1) is 10.7. The van der Waals surface area contributed by atoms with Crippen molar-refractivity contribution in [1.82, 2.24) is 0 Å². The Morgan fingerprint density at radius 3 is 1.75 bits per heavy atom. The van der Waals surface area contributed by atoms with Crippen molar-refractivity contribution in [3.8, 4) is 5.75 Å². The Morgan fingerprint density at radius 1 is 0.958 bits per heavy atom.